The van der Waals surface area contributed by atoms with Crippen LogP contribution in [-0.4, -0.2) is 17.3 Å². The number of rotatable bonds is 3. The Morgan fingerprint density at radius 1 is 1.50 bits per heavy atom. The lowest BCUT2D eigenvalue weighted by atomic mass is 10.2. The monoisotopic (exact) mass is 367 g/mol. The van der Waals surface area contributed by atoms with Crippen molar-refractivity contribution in [1.29, 1.82) is 0 Å². The van der Waals surface area contributed by atoms with Gasteiger partial charge in [-0.25, -0.2) is 0 Å². The molecule has 0 radical (unpaired) electrons. The van der Waals surface area contributed by atoms with Crippen LogP contribution < -0.4 is 5.32 Å². The summed E-state index contributed by atoms with van der Waals surface area (Å²) in [6, 6.07) is 7.67. The number of carbonyl (C=O) groups excluding carboxylic acids is 1. The Balaban J connectivity index is 2.65. The molecule has 1 aromatic rings. The van der Waals surface area contributed by atoms with Crippen LogP contribution in [0.4, 0.5) is 0 Å². The summed E-state index contributed by atoms with van der Waals surface area (Å²) in [5.41, 5.74) is 0.707. The number of amides is 1. The third-order valence-electron chi connectivity index (χ3n) is 1.72. The van der Waals surface area contributed by atoms with Crippen molar-refractivity contribution in [2.24, 2.45) is 0 Å². The summed E-state index contributed by atoms with van der Waals surface area (Å²) < 4.78 is 1.13. The van der Waals surface area contributed by atoms with Gasteiger partial charge in [0.1, 0.15) is 0 Å². The van der Waals surface area contributed by atoms with E-state index in [0.29, 0.717) is 5.56 Å². The van der Waals surface area contributed by atoms with Crippen LogP contribution in [-0.2, 0) is 0 Å². The number of hydrogen-bond donors (Lipinski definition) is 1. The van der Waals surface area contributed by atoms with Crippen molar-refractivity contribution in [2.75, 3.05) is 5.33 Å². The Bertz CT molecular complexity index is 312. The van der Waals surface area contributed by atoms with Crippen LogP contribution in [0, 0.1) is 3.57 Å². The minimum absolute atomic E-state index is 0.0200. The number of benzene rings is 1. The maximum absolute atomic E-state index is 11.6. The van der Waals surface area contributed by atoms with Crippen LogP contribution in [0.2, 0.25) is 0 Å². The predicted octanol–water partition coefficient (Wildman–Crippen LogP) is 2.80. The van der Waals surface area contributed by atoms with Crippen LogP contribution in [0.1, 0.15) is 17.3 Å². The maximum Gasteiger partial charge on any atom is 0.251 e. The number of carbonyl (C=O) groups is 1. The number of halogens is 2. The smallest absolute Gasteiger partial charge is 0.251 e. The molecule has 0 fully saturated rings. The third-order valence-corrected chi connectivity index (χ3v) is 3.41. The first-order chi connectivity index (χ1) is 6.63. The van der Waals surface area contributed by atoms with Crippen molar-refractivity contribution in [2.45, 2.75) is 13.0 Å². The van der Waals surface area contributed by atoms with Crippen LogP contribution in [0.5, 0.6) is 0 Å². The topological polar surface area (TPSA) is 29.1 Å². The fraction of sp³-hybridized carbons (Fsp3) is 0.300. The van der Waals surface area contributed by atoms with Crippen LogP contribution in [0.3, 0.4) is 0 Å². The van der Waals surface area contributed by atoms with Crippen molar-refractivity contribution in [3.8, 4) is 0 Å². The van der Waals surface area contributed by atoms with Crippen molar-refractivity contribution >= 4 is 44.4 Å². The lowest BCUT2D eigenvalue weighted by Gasteiger charge is -2.10. The Hall–Kier alpha value is -0.100. The first-order valence-corrected chi connectivity index (χ1v) is 6.46. The summed E-state index contributed by atoms with van der Waals surface area (Å²) in [6.07, 6.45) is 0. The molecule has 1 N–H and O–H groups in total. The van der Waals surface area contributed by atoms with E-state index in [0.717, 1.165) is 8.90 Å². The second-order valence-electron chi connectivity index (χ2n) is 3.04. The molecular weight excluding hydrogens is 357 g/mol. The van der Waals surface area contributed by atoms with E-state index >= 15 is 0 Å². The lowest BCUT2D eigenvalue weighted by Crippen LogP contribution is -2.33. The second kappa shape index (κ2) is 5.70. The molecule has 1 unspecified atom stereocenters. The van der Waals surface area contributed by atoms with Crippen molar-refractivity contribution < 1.29 is 4.79 Å². The first kappa shape index (κ1) is 12.0. The molecular formula is C10H11BrINO. The van der Waals surface area contributed by atoms with Crippen LogP contribution in [0.25, 0.3) is 0 Å². The molecule has 0 aliphatic carbocycles. The molecule has 76 valence electrons. The lowest BCUT2D eigenvalue weighted by molar-refractivity contribution is 0.0944. The molecule has 1 atom stereocenters. The van der Waals surface area contributed by atoms with E-state index in [2.05, 4.69) is 43.8 Å². The quantitative estimate of drug-likeness (QED) is 0.646. The minimum atomic E-state index is -0.0200. The average molecular weight is 368 g/mol. The molecule has 0 spiro atoms. The highest BCUT2D eigenvalue weighted by atomic mass is 127. The third kappa shape index (κ3) is 3.57. The van der Waals surface area contributed by atoms with Gasteiger partial charge in [0, 0.05) is 20.5 Å². The minimum Gasteiger partial charge on any atom is -0.349 e. The van der Waals surface area contributed by atoms with E-state index in [9.17, 15) is 4.79 Å². The zero-order valence-electron chi connectivity index (χ0n) is 7.76. The van der Waals surface area contributed by atoms with Crippen molar-refractivity contribution in [3.05, 3.63) is 33.4 Å². The van der Waals surface area contributed by atoms with Gasteiger partial charge >= 0.3 is 0 Å². The van der Waals surface area contributed by atoms with E-state index < -0.39 is 0 Å². The second-order valence-corrected chi connectivity index (χ2v) is 4.93. The molecule has 1 rings (SSSR count). The summed E-state index contributed by atoms with van der Waals surface area (Å²) in [5, 5.41) is 3.64. The van der Waals surface area contributed by atoms with Gasteiger partial charge in [0.05, 0.1) is 0 Å². The zero-order chi connectivity index (χ0) is 10.6. The summed E-state index contributed by atoms with van der Waals surface area (Å²) >= 11 is 5.53. The highest BCUT2D eigenvalue weighted by Gasteiger charge is 2.07. The predicted molar refractivity (Wildman–Crippen MR) is 69.9 cm³/mol. The van der Waals surface area contributed by atoms with Crippen molar-refractivity contribution in [1.82, 2.24) is 5.32 Å². The molecule has 14 heavy (non-hydrogen) atoms. The molecule has 0 saturated heterocycles. The molecule has 0 aliphatic heterocycles. The van der Waals surface area contributed by atoms with Gasteiger partial charge in [0.2, 0.25) is 0 Å². The Morgan fingerprint density at radius 3 is 2.57 bits per heavy atom. The normalized spacial score (nSPS) is 12.2. The average Bonchev–Trinajstić information content (AvgIpc) is 2.18. The highest BCUT2D eigenvalue weighted by Crippen LogP contribution is 2.06. The molecule has 0 saturated carbocycles. The first-order valence-electron chi connectivity index (χ1n) is 4.26. The fourth-order valence-electron chi connectivity index (χ4n) is 0.947. The van der Waals surface area contributed by atoms with E-state index in [1.165, 1.54) is 0 Å². The van der Waals surface area contributed by atoms with Gasteiger partial charge in [-0.05, 0) is 53.8 Å². The Labute approximate surface area is 106 Å². The molecule has 2 nitrogen and oxygen atoms in total. The molecule has 1 aromatic carbocycles. The van der Waals surface area contributed by atoms with Crippen molar-refractivity contribution in [3.63, 3.8) is 0 Å². The van der Waals surface area contributed by atoms with Gasteiger partial charge in [0.15, 0.2) is 0 Å². The largest absolute Gasteiger partial charge is 0.349 e. The molecule has 0 aliphatic rings. The van der Waals surface area contributed by atoms with Gasteiger partial charge in [-0.1, -0.05) is 15.9 Å². The SMILES string of the molecule is CC(CBr)NC(=O)c1ccc(I)cc1. The number of nitrogens with one attached hydrogen (secondary N) is 1. The van der Waals surface area contributed by atoms with Gasteiger partial charge in [0.25, 0.3) is 5.91 Å². The standard InChI is InChI=1S/C10H11BrINO/c1-7(6-11)13-10(14)8-2-4-9(12)5-3-8/h2-5,7H,6H2,1H3,(H,13,14). The Kier molecular flexibility index (Phi) is 4.88. The maximum atomic E-state index is 11.6. The van der Waals surface area contributed by atoms with Crippen LogP contribution >= 0.6 is 38.5 Å². The van der Waals surface area contributed by atoms with Gasteiger partial charge in [-0.15, -0.1) is 0 Å². The summed E-state index contributed by atoms with van der Waals surface area (Å²) in [6.45, 7) is 1.96. The summed E-state index contributed by atoms with van der Waals surface area (Å²) in [5.74, 6) is -0.0200. The van der Waals surface area contributed by atoms with E-state index in [1.54, 1.807) is 0 Å². The Morgan fingerprint density at radius 2 is 2.07 bits per heavy atom. The van der Waals surface area contributed by atoms with E-state index in [4.69, 9.17) is 0 Å². The van der Waals surface area contributed by atoms with Gasteiger partial charge in [-0.2, -0.15) is 0 Å². The van der Waals surface area contributed by atoms with Gasteiger partial charge in [-0.3, -0.25) is 4.79 Å². The molecule has 4 heteroatoms. The summed E-state index contributed by atoms with van der Waals surface area (Å²) in [4.78, 5) is 11.6. The van der Waals surface area contributed by atoms with E-state index in [-0.39, 0.29) is 11.9 Å². The molecule has 1 amide bonds. The summed E-state index contributed by atoms with van der Waals surface area (Å²) in [7, 11) is 0. The fourth-order valence-corrected chi connectivity index (χ4v) is 1.47. The molecule has 0 bridgehead atoms. The number of alkyl halides is 1. The van der Waals surface area contributed by atoms with E-state index in [1.807, 2.05) is 31.2 Å². The van der Waals surface area contributed by atoms with Crippen LogP contribution in [0.15, 0.2) is 24.3 Å². The van der Waals surface area contributed by atoms with Gasteiger partial charge < -0.3 is 5.32 Å². The zero-order valence-corrected chi connectivity index (χ0v) is 11.5. The number of hydrogen-bond acceptors (Lipinski definition) is 1. The molecule has 0 aromatic heterocycles. The highest BCUT2D eigenvalue weighted by molar-refractivity contribution is 14.1. The molecule has 0 heterocycles.